The number of aromatic nitrogens is 3. The standard InChI is InChI=1S/C25H27N5O2/c1-16(2)15-27-24(31)19-14-20-23(28-22-17(3)8-7-12-30(22)25(20)32)29(21(19)26)13-11-18-9-5-4-6-10-18/h4-10,12,14,16,26H,11,13,15H2,1-3H3,(H,27,31). The van der Waals surface area contributed by atoms with Crippen LogP contribution in [0.2, 0.25) is 0 Å². The number of hydrogen-bond acceptors (Lipinski definition) is 4. The number of pyridine rings is 2. The summed E-state index contributed by atoms with van der Waals surface area (Å²) in [5.41, 5.74) is 2.93. The van der Waals surface area contributed by atoms with Gasteiger partial charge in [0.05, 0.1) is 10.9 Å². The molecule has 0 aliphatic heterocycles. The van der Waals surface area contributed by atoms with Gasteiger partial charge in [-0.05, 0) is 42.5 Å². The molecular weight excluding hydrogens is 402 g/mol. The molecule has 1 aromatic carbocycles. The SMILES string of the molecule is Cc1cccn2c(=O)c3cc(C(=O)NCC(C)C)c(=N)n(CCc4ccccc4)c3nc12. The second-order valence-electron chi connectivity index (χ2n) is 8.44. The first-order valence-electron chi connectivity index (χ1n) is 10.8. The summed E-state index contributed by atoms with van der Waals surface area (Å²) in [5.74, 6) is -0.0780. The second kappa shape index (κ2) is 8.78. The lowest BCUT2D eigenvalue weighted by Crippen LogP contribution is -2.36. The first kappa shape index (κ1) is 21.5. The number of rotatable bonds is 6. The number of hydrogen-bond donors (Lipinski definition) is 2. The summed E-state index contributed by atoms with van der Waals surface area (Å²) >= 11 is 0. The minimum absolute atomic E-state index is 0.0551. The Labute approximate surface area is 185 Å². The van der Waals surface area contributed by atoms with Crippen LogP contribution in [0.4, 0.5) is 0 Å². The van der Waals surface area contributed by atoms with Gasteiger partial charge in [-0.25, -0.2) is 4.98 Å². The normalized spacial score (nSPS) is 11.4. The third-order valence-electron chi connectivity index (χ3n) is 5.52. The van der Waals surface area contributed by atoms with Crippen molar-refractivity contribution in [2.75, 3.05) is 6.54 Å². The second-order valence-corrected chi connectivity index (χ2v) is 8.44. The van der Waals surface area contributed by atoms with Crippen LogP contribution in [0.5, 0.6) is 0 Å². The molecule has 0 radical (unpaired) electrons. The quantitative estimate of drug-likeness (QED) is 0.462. The van der Waals surface area contributed by atoms with Gasteiger partial charge in [-0.1, -0.05) is 50.2 Å². The fraction of sp³-hybridized carbons (Fsp3) is 0.280. The number of nitrogens with zero attached hydrogens (tertiary/aromatic N) is 3. The maximum absolute atomic E-state index is 13.3. The van der Waals surface area contributed by atoms with E-state index in [1.54, 1.807) is 16.8 Å². The summed E-state index contributed by atoms with van der Waals surface area (Å²) < 4.78 is 3.18. The molecule has 0 atom stereocenters. The zero-order valence-electron chi connectivity index (χ0n) is 18.6. The third-order valence-corrected chi connectivity index (χ3v) is 5.52. The molecular formula is C25H27N5O2. The van der Waals surface area contributed by atoms with E-state index in [4.69, 9.17) is 10.4 Å². The summed E-state index contributed by atoms with van der Waals surface area (Å²) in [6, 6.07) is 15.2. The highest BCUT2D eigenvalue weighted by molar-refractivity contribution is 5.96. The van der Waals surface area contributed by atoms with Crippen LogP contribution in [0.3, 0.4) is 0 Å². The summed E-state index contributed by atoms with van der Waals surface area (Å²) in [6.07, 6.45) is 2.33. The predicted octanol–water partition coefficient (Wildman–Crippen LogP) is 3.07. The van der Waals surface area contributed by atoms with Crippen molar-refractivity contribution in [3.8, 4) is 0 Å². The third kappa shape index (κ3) is 4.06. The van der Waals surface area contributed by atoms with Gasteiger partial charge in [-0.15, -0.1) is 0 Å². The fourth-order valence-electron chi connectivity index (χ4n) is 3.76. The molecule has 32 heavy (non-hydrogen) atoms. The van der Waals surface area contributed by atoms with Crippen molar-refractivity contribution >= 4 is 22.6 Å². The fourth-order valence-corrected chi connectivity index (χ4v) is 3.76. The lowest BCUT2D eigenvalue weighted by atomic mass is 10.1. The number of nitrogens with one attached hydrogen (secondary N) is 2. The minimum Gasteiger partial charge on any atom is -0.352 e. The Hall–Kier alpha value is -3.74. The van der Waals surface area contributed by atoms with Gasteiger partial charge in [0, 0.05) is 19.3 Å². The van der Waals surface area contributed by atoms with Crippen LogP contribution in [0, 0.1) is 18.3 Å². The molecule has 0 bridgehead atoms. The van der Waals surface area contributed by atoms with Crippen LogP contribution in [0.25, 0.3) is 16.7 Å². The van der Waals surface area contributed by atoms with E-state index in [1.165, 1.54) is 10.5 Å². The van der Waals surface area contributed by atoms with Gasteiger partial charge in [0.15, 0.2) is 0 Å². The van der Waals surface area contributed by atoms with Crippen molar-refractivity contribution in [3.05, 3.63) is 87.3 Å². The van der Waals surface area contributed by atoms with E-state index in [9.17, 15) is 9.59 Å². The Morgan fingerprint density at radius 1 is 1.12 bits per heavy atom. The Morgan fingerprint density at radius 2 is 1.88 bits per heavy atom. The molecule has 4 aromatic rings. The molecule has 0 unspecified atom stereocenters. The summed E-state index contributed by atoms with van der Waals surface area (Å²) in [4.78, 5) is 31.0. The predicted molar refractivity (Wildman–Crippen MR) is 125 cm³/mol. The summed E-state index contributed by atoms with van der Waals surface area (Å²) in [5, 5.41) is 12.0. The van der Waals surface area contributed by atoms with Crippen molar-refractivity contribution in [1.82, 2.24) is 19.3 Å². The van der Waals surface area contributed by atoms with Gasteiger partial charge in [0.25, 0.3) is 11.5 Å². The van der Waals surface area contributed by atoms with Crippen LogP contribution in [-0.4, -0.2) is 26.4 Å². The minimum atomic E-state index is -0.354. The molecule has 7 heteroatoms. The average Bonchev–Trinajstić information content (AvgIpc) is 2.78. The molecule has 0 saturated carbocycles. The topological polar surface area (TPSA) is 92.3 Å². The summed E-state index contributed by atoms with van der Waals surface area (Å²) in [7, 11) is 0. The molecule has 0 fully saturated rings. The maximum atomic E-state index is 13.3. The van der Waals surface area contributed by atoms with Crippen molar-refractivity contribution in [1.29, 1.82) is 5.41 Å². The van der Waals surface area contributed by atoms with Crippen LogP contribution in [0.1, 0.15) is 35.3 Å². The molecule has 4 rings (SSSR count). The first-order chi connectivity index (χ1) is 15.4. The van der Waals surface area contributed by atoms with E-state index in [1.807, 2.05) is 57.2 Å². The lowest BCUT2D eigenvalue weighted by molar-refractivity contribution is 0.0946. The molecule has 1 amide bonds. The molecule has 0 spiro atoms. The molecule has 3 heterocycles. The van der Waals surface area contributed by atoms with Gasteiger partial charge >= 0.3 is 0 Å². The number of amides is 1. The Balaban J connectivity index is 1.93. The Kier molecular flexibility index (Phi) is 5.90. The van der Waals surface area contributed by atoms with Crippen LogP contribution in [0.15, 0.2) is 59.5 Å². The maximum Gasteiger partial charge on any atom is 0.267 e. The Morgan fingerprint density at radius 3 is 2.59 bits per heavy atom. The van der Waals surface area contributed by atoms with E-state index in [0.29, 0.717) is 36.2 Å². The van der Waals surface area contributed by atoms with Crippen LogP contribution >= 0.6 is 0 Å². The van der Waals surface area contributed by atoms with Crippen molar-refractivity contribution in [2.45, 2.75) is 33.7 Å². The number of benzene rings is 1. The van der Waals surface area contributed by atoms with Crippen molar-refractivity contribution < 1.29 is 4.79 Å². The van der Waals surface area contributed by atoms with Gasteiger partial charge in [0.1, 0.15) is 16.8 Å². The summed E-state index contributed by atoms with van der Waals surface area (Å²) in [6.45, 7) is 6.84. The highest BCUT2D eigenvalue weighted by Crippen LogP contribution is 2.14. The molecule has 3 aromatic heterocycles. The highest BCUT2D eigenvalue weighted by Gasteiger charge is 2.18. The van der Waals surface area contributed by atoms with Gasteiger partial charge in [-0.2, -0.15) is 0 Å². The molecule has 164 valence electrons. The van der Waals surface area contributed by atoms with E-state index in [2.05, 4.69) is 5.32 Å². The molecule has 7 nitrogen and oxygen atoms in total. The van der Waals surface area contributed by atoms with E-state index in [-0.39, 0.29) is 28.4 Å². The molecule has 2 N–H and O–H groups in total. The zero-order chi connectivity index (χ0) is 22.8. The largest absolute Gasteiger partial charge is 0.352 e. The smallest absolute Gasteiger partial charge is 0.267 e. The highest BCUT2D eigenvalue weighted by atomic mass is 16.1. The molecule has 0 aliphatic rings. The van der Waals surface area contributed by atoms with Gasteiger partial charge in [-0.3, -0.25) is 19.4 Å². The molecule has 0 aliphatic carbocycles. The molecule has 0 saturated heterocycles. The van der Waals surface area contributed by atoms with Crippen LogP contribution in [-0.2, 0) is 13.0 Å². The van der Waals surface area contributed by atoms with Crippen molar-refractivity contribution in [3.63, 3.8) is 0 Å². The monoisotopic (exact) mass is 429 g/mol. The zero-order valence-corrected chi connectivity index (χ0v) is 18.6. The van der Waals surface area contributed by atoms with Gasteiger partial charge < -0.3 is 9.88 Å². The van der Waals surface area contributed by atoms with Gasteiger partial charge in [0.2, 0.25) is 0 Å². The Bertz CT molecular complexity index is 1420. The van der Waals surface area contributed by atoms with E-state index < -0.39 is 0 Å². The number of aryl methyl sites for hydroxylation is 3. The number of carbonyl (C=O) groups is 1. The van der Waals surface area contributed by atoms with E-state index in [0.717, 1.165) is 11.1 Å². The lowest BCUT2D eigenvalue weighted by Gasteiger charge is -2.16. The van der Waals surface area contributed by atoms with Crippen molar-refractivity contribution in [2.24, 2.45) is 5.92 Å². The van der Waals surface area contributed by atoms with E-state index >= 15 is 0 Å². The average molecular weight is 430 g/mol. The number of fused-ring (bicyclic) bond motifs is 2. The first-order valence-corrected chi connectivity index (χ1v) is 10.8. The van der Waals surface area contributed by atoms with Crippen LogP contribution < -0.4 is 16.4 Å². The number of carbonyl (C=O) groups excluding carboxylic acids is 1.